The Balaban J connectivity index is 1.93. The molecule has 2 aromatic carbocycles. The number of nitrogens with one attached hydrogen (secondary N) is 3. The highest BCUT2D eigenvalue weighted by molar-refractivity contribution is 5.95. The maximum absolute atomic E-state index is 11.4. The van der Waals surface area contributed by atoms with E-state index in [1.807, 2.05) is 13.0 Å². The Morgan fingerprint density at radius 2 is 1.88 bits per heavy atom. The number of fused-ring (bicyclic) bond motifs is 1. The van der Waals surface area contributed by atoms with E-state index in [-0.39, 0.29) is 28.8 Å². The summed E-state index contributed by atoms with van der Waals surface area (Å²) in [7, 11) is 0. The molecule has 1 aromatic heterocycles. The molecule has 0 spiro atoms. The molecule has 0 saturated heterocycles. The molecule has 8 heteroatoms. The number of anilines is 1. The third-order valence-corrected chi connectivity index (χ3v) is 4.01. The maximum Gasteiger partial charge on any atom is 0.323 e. The summed E-state index contributed by atoms with van der Waals surface area (Å²) in [5, 5.41) is 14.4. The highest BCUT2D eigenvalue weighted by Crippen LogP contribution is 2.30. The second kappa shape index (κ2) is 6.23. The highest BCUT2D eigenvalue weighted by atomic mass is 16.6. The number of carbonyl (C=O) groups is 1. The van der Waals surface area contributed by atoms with Gasteiger partial charge in [0.05, 0.1) is 16.0 Å². The Hall–Kier alpha value is -3.42. The van der Waals surface area contributed by atoms with Crippen LogP contribution >= 0.6 is 0 Å². The molecule has 128 valence electrons. The van der Waals surface area contributed by atoms with Crippen molar-refractivity contribution in [1.29, 1.82) is 0 Å². The molecule has 0 radical (unpaired) electrons. The molecule has 0 aliphatic carbocycles. The molecule has 3 N–H and O–H groups in total. The number of nitrogens with zero attached hydrogens (tertiary/aromatic N) is 1. The van der Waals surface area contributed by atoms with Crippen molar-refractivity contribution < 1.29 is 9.72 Å². The van der Waals surface area contributed by atoms with Gasteiger partial charge in [0.15, 0.2) is 5.78 Å². The molecule has 0 bridgehead atoms. The molecule has 1 atom stereocenters. The first-order valence-corrected chi connectivity index (χ1v) is 7.63. The zero-order valence-electron chi connectivity index (χ0n) is 13.6. The van der Waals surface area contributed by atoms with E-state index >= 15 is 0 Å². The van der Waals surface area contributed by atoms with Crippen LogP contribution in [0.1, 0.15) is 35.8 Å². The standard InChI is InChI=1S/C17H16N4O4/c1-9(11-3-5-13-15(7-11)20-17(23)19-13)18-14-6-4-12(10(2)22)8-16(14)21(24)25/h3-9,18H,1-2H3,(H2,19,20,23)/t9-/m1/s1. The van der Waals surface area contributed by atoms with Crippen LogP contribution in [0, 0.1) is 10.1 Å². The lowest BCUT2D eigenvalue weighted by Crippen LogP contribution is -2.09. The van der Waals surface area contributed by atoms with Crippen LogP contribution in [0.4, 0.5) is 11.4 Å². The smallest absolute Gasteiger partial charge is 0.323 e. The summed E-state index contributed by atoms with van der Waals surface area (Å²) in [6.45, 7) is 3.22. The van der Waals surface area contributed by atoms with Gasteiger partial charge in [0, 0.05) is 17.7 Å². The number of Topliss-reactive ketones (excluding diaryl/α,β-unsaturated/α-hetero) is 1. The Kier molecular flexibility index (Phi) is 4.10. The summed E-state index contributed by atoms with van der Waals surface area (Å²) in [6, 6.07) is 9.52. The molecule has 1 heterocycles. The van der Waals surface area contributed by atoms with E-state index in [1.165, 1.54) is 19.1 Å². The number of ketones is 1. The molecular weight excluding hydrogens is 324 g/mol. The fourth-order valence-electron chi connectivity index (χ4n) is 2.66. The van der Waals surface area contributed by atoms with Crippen LogP contribution in [0.25, 0.3) is 11.0 Å². The first kappa shape index (κ1) is 16.4. The molecule has 0 aliphatic rings. The van der Waals surface area contributed by atoms with Crippen molar-refractivity contribution in [2.24, 2.45) is 0 Å². The van der Waals surface area contributed by atoms with E-state index < -0.39 is 4.92 Å². The summed E-state index contributed by atoms with van der Waals surface area (Å²) in [6.07, 6.45) is 0. The number of aromatic amines is 2. The number of aromatic nitrogens is 2. The van der Waals surface area contributed by atoms with E-state index in [0.29, 0.717) is 16.7 Å². The molecule has 3 aromatic rings. The van der Waals surface area contributed by atoms with Gasteiger partial charge in [-0.3, -0.25) is 14.9 Å². The van der Waals surface area contributed by atoms with Gasteiger partial charge in [-0.25, -0.2) is 4.79 Å². The highest BCUT2D eigenvalue weighted by Gasteiger charge is 2.18. The normalized spacial score (nSPS) is 12.1. The SMILES string of the molecule is CC(=O)c1ccc(N[C@H](C)c2ccc3[nH]c(=O)[nH]c3c2)c([N+](=O)[O-])c1. The van der Waals surface area contributed by atoms with Crippen molar-refractivity contribution in [2.75, 3.05) is 5.32 Å². The Morgan fingerprint density at radius 3 is 2.56 bits per heavy atom. The first-order valence-electron chi connectivity index (χ1n) is 7.63. The number of carbonyl (C=O) groups excluding carboxylic acids is 1. The van der Waals surface area contributed by atoms with Crippen molar-refractivity contribution in [3.8, 4) is 0 Å². The van der Waals surface area contributed by atoms with E-state index in [0.717, 1.165) is 5.56 Å². The van der Waals surface area contributed by atoms with Crippen LogP contribution in [0.2, 0.25) is 0 Å². The minimum Gasteiger partial charge on any atom is -0.373 e. The molecule has 0 aliphatic heterocycles. The van der Waals surface area contributed by atoms with Gasteiger partial charge in [0.25, 0.3) is 5.69 Å². The van der Waals surface area contributed by atoms with Crippen molar-refractivity contribution in [3.63, 3.8) is 0 Å². The van der Waals surface area contributed by atoms with E-state index in [1.54, 1.807) is 18.2 Å². The number of hydrogen-bond donors (Lipinski definition) is 3. The molecule has 0 fully saturated rings. The predicted octanol–water partition coefficient (Wildman–Crippen LogP) is 3.14. The Bertz CT molecular complexity index is 1030. The van der Waals surface area contributed by atoms with Gasteiger partial charge in [0.1, 0.15) is 5.69 Å². The lowest BCUT2D eigenvalue weighted by molar-refractivity contribution is -0.384. The van der Waals surface area contributed by atoms with Crippen LogP contribution in [-0.2, 0) is 0 Å². The van der Waals surface area contributed by atoms with Crippen LogP contribution in [0.15, 0.2) is 41.2 Å². The Labute approximate surface area is 142 Å². The summed E-state index contributed by atoms with van der Waals surface area (Å²) in [5.74, 6) is -0.232. The lowest BCUT2D eigenvalue weighted by Gasteiger charge is -2.16. The van der Waals surface area contributed by atoms with Crippen LogP contribution < -0.4 is 11.0 Å². The van der Waals surface area contributed by atoms with E-state index in [9.17, 15) is 19.7 Å². The van der Waals surface area contributed by atoms with Crippen LogP contribution in [0.3, 0.4) is 0 Å². The average molecular weight is 340 g/mol. The monoisotopic (exact) mass is 340 g/mol. The largest absolute Gasteiger partial charge is 0.373 e. The predicted molar refractivity (Wildman–Crippen MR) is 94.1 cm³/mol. The van der Waals surface area contributed by atoms with Crippen LogP contribution in [-0.4, -0.2) is 20.7 Å². The molecule has 0 unspecified atom stereocenters. The van der Waals surface area contributed by atoms with Gasteiger partial charge in [-0.15, -0.1) is 0 Å². The zero-order chi connectivity index (χ0) is 18.1. The number of imidazole rings is 1. The third kappa shape index (κ3) is 3.27. The number of H-pyrrole nitrogens is 2. The van der Waals surface area contributed by atoms with Gasteiger partial charge in [-0.1, -0.05) is 6.07 Å². The van der Waals surface area contributed by atoms with E-state index in [2.05, 4.69) is 15.3 Å². The van der Waals surface area contributed by atoms with Gasteiger partial charge in [-0.2, -0.15) is 0 Å². The minimum absolute atomic E-state index is 0.157. The van der Waals surface area contributed by atoms with Crippen molar-refractivity contribution in [3.05, 3.63) is 68.1 Å². The molecule has 0 amide bonds. The van der Waals surface area contributed by atoms with Crippen molar-refractivity contribution in [2.45, 2.75) is 19.9 Å². The molecule has 25 heavy (non-hydrogen) atoms. The minimum atomic E-state index is -0.520. The lowest BCUT2D eigenvalue weighted by atomic mass is 10.1. The quantitative estimate of drug-likeness (QED) is 0.374. The van der Waals surface area contributed by atoms with Crippen LogP contribution in [0.5, 0.6) is 0 Å². The first-order chi connectivity index (χ1) is 11.8. The van der Waals surface area contributed by atoms with Gasteiger partial charge in [0.2, 0.25) is 0 Å². The molecule has 0 saturated carbocycles. The number of benzene rings is 2. The topological polar surface area (TPSA) is 121 Å². The second-order valence-corrected chi connectivity index (χ2v) is 5.80. The number of rotatable bonds is 5. The summed E-state index contributed by atoms with van der Waals surface area (Å²) < 4.78 is 0. The van der Waals surface area contributed by atoms with Gasteiger partial charge < -0.3 is 15.3 Å². The molecule has 3 rings (SSSR count). The Morgan fingerprint density at radius 1 is 1.16 bits per heavy atom. The molecule has 8 nitrogen and oxygen atoms in total. The fourth-order valence-corrected chi connectivity index (χ4v) is 2.66. The fraction of sp³-hybridized carbons (Fsp3) is 0.176. The average Bonchev–Trinajstić information content (AvgIpc) is 2.93. The summed E-state index contributed by atoms with van der Waals surface area (Å²) >= 11 is 0. The summed E-state index contributed by atoms with van der Waals surface area (Å²) in [5.41, 5.74) is 2.38. The number of nitro benzene ring substituents is 1. The maximum atomic E-state index is 11.4. The number of hydrogen-bond acceptors (Lipinski definition) is 5. The van der Waals surface area contributed by atoms with Crippen molar-refractivity contribution in [1.82, 2.24) is 9.97 Å². The molecular formula is C17H16N4O4. The second-order valence-electron chi connectivity index (χ2n) is 5.80. The summed E-state index contributed by atoms with van der Waals surface area (Å²) in [4.78, 5) is 38.9. The van der Waals surface area contributed by atoms with Gasteiger partial charge in [-0.05, 0) is 43.7 Å². The van der Waals surface area contributed by atoms with Gasteiger partial charge >= 0.3 is 5.69 Å². The zero-order valence-corrected chi connectivity index (χ0v) is 13.6. The third-order valence-electron chi connectivity index (χ3n) is 4.01. The number of nitro groups is 1. The van der Waals surface area contributed by atoms with E-state index in [4.69, 9.17) is 0 Å². The van der Waals surface area contributed by atoms with Crippen molar-refractivity contribution >= 4 is 28.2 Å².